The number of nitrogens with zero attached hydrogens (tertiary/aromatic N) is 2. The Morgan fingerprint density at radius 2 is 1.71 bits per heavy atom. The Morgan fingerprint density at radius 3 is 2.46 bits per heavy atom. The van der Waals surface area contributed by atoms with Gasteiger partial charge in [0.15, 0.2) is 0 Å². The van der Waals surface area contributed by atoms with Crippen LogP contribution in [0.15, 0.2) is 66.7 Å². The van der Waals surface area contributed by atoms with E-state index in [1.165, 1.54) is 36.6 Å². The second-order valence-electron chi connectivity index (χ2n) is 5.94. The van der Waals surface area contributed by atoms with Gasteiger partial charge in [0.05, 0.1) is 0 Å². The van der Waals surface area contributed by atoms with E-state index >= 15 is 0 Å². The number of hydrazine groups is 1. The number of para-hydroxylation sites is 2. The fourth-order valence-corrected chi connectivity index (χ4v) is 5.15. The van der Waals surface area contributed by atoms with Gasteiger partial charge in [0.25, 0.3) is 0 Å². The van der Waals surface area contributed by atoms with E-state index in [9.17, 15) is 0 Å². The van der Waals surface area contributed by atoms with Crippen molar-refractivity contribution in [3.63, 3.8) is 0 Å². The number of fused-ring (bicyclic) bond motifs is 3. The van der Waals surface area contributed by atoms with Crippen LogP contribution in [0.3, 0.4) is 0 Å². The summed E-state index contributed by atoms with van der Waals surface area (Å²) in [6, 6.07) is 23.9. The van der Waals surface area contributed by atoms with Crippen molar-refractivity contribution in [1.29, 1.82) is 0 Å². The molecule has 24 heavy (non-hydrogen) atoms. The first-order chi connectivity index (χ1) is 11.6. The first-order valence-corrected chi connectivity index (χ1v) is 9.92. The SMILES string of the molecule is Cc1ccc2c(c1)c1cccc([I-]N(C)N)c1n2-c1ccccc1. The van der Waals surface area contributed by atoms with Gasteiger partial charge in [-0.3, -0.25) is 0 Å². The van der Waals surface area contributed by atoms with Gasteiger partial charge in [0, 0.05) is 0 Å². The number of hydrogen-bond donors (Lipinski definition) is 1. The maximum absolute atomic E-state index is 6.00. The quantitative estimate of drug-likeness (QED) is 0.229. The monoisotopic (exact) mass is 428 g/mol. The standard InChI is InChI=1S/C20H19IN3/c1-14-11-12-19-17(13-14)16-9-6-10-18(21-23(2)22)20(16)24(19)15-7-4-3-5-8-15/h3-13H,22H2,1-2H3/q-1. The first-order valence-electron chi connectivity index (χ1n) is 7.88. The molecule has 0 aliphatic rings. The first kappa shape index (κ1) is 15.6. The van der Waals surface area contributed by atoms with Crippen LogP contribution in [-0.2, 0) is 0 Å². The van der Waals surface area contributed by atoms with Crippen molar-refractivity contribution in [3.05, 3.63) is 75.9 Å². The van der Waals surface area contributed by atoms with Gasteiger partial charge >= 0.3 is 152 Å². The van der Waals surface area contributed by atoms with Gasteiger partial charge in [0.2, 0.25) is 0 Å². The van der Waals surface area contributed by atoms with Crippen LogP contribution in [0.25, 0.3) is 27.5 Å². The summed E-state index contributed by atoms with van der Waals surface area (Å²) in [6.07, 6.45) is 0. The van der Waals surface area contributed by atoms with Crippen molar-refractivity contribution in [3.8, 4) is 5.69 Å². The van der Waals surface area contributed by atoms with Crippen molar-refractivity contribution < 1.29 is 21.5 Å². The van der Waals surface area contributed by atoms with E-state index in [-0.39, 0.29) is 0 Å². The second kappa shape index (κ2) is 6.20. The minimum atomic E-state index is -0.399. The van der Waals surface area contributed by atoms with Crippen LogP contribution < -0.4 is 27.3 Å². The molecule has 0 bridgehead atoms. The Labute approximate surface area is 152 Å². The molecule has 0 aliphatic carbocycles. The van der Waals surface area contributed by atoms with Gasteiger partial charge in [0.1, 0.15) is 0 Å². The molecule has 4 aromatic rings. The molecule has 1 aromatic heterocycles. The molecule has 122 valence electrons. The van der Waals surface area contributed by atoms with Crippen LogP contribution >= 0.6 is 0 Å². The van der Waals surface area contributed by atoms with Crippen LogP contribution in [-0.4, -0.2) is 14.8 Å². The molecule has 0 saturated heterocycles. The summed E-state index contributed by atoms with van der Waals surface area (Å²) in [5, 5.41) is 2.61. The molecule has 0 radical (unpaired) electrons. The van der Waals surface area contributed by atoms with Crippen molar-refractivity contribution >= 4 is 21.8 Å². The molecule has 4 heteroatoms. The van der Waals surface area contributed by atoms with Gasteiger partial charge in [-0.25, -0.2) is 0 Å². The average Bonchev–Trinajstić information content (AvgIpc) is 2.90. The molecule has 0 unspecified atom stereocenters. The van der Waals surface area contributed by atoms with Crippen LogP contribution in [0, 0.1) is 10.5 Å². The second-order valence-corrected chi connectivity index (χ2v) is 9.10. The number of aromatic nitrogens is 1. The number of rotatable bonds is 3. The topological polar surface area (TPSA) is 34.2 Å². The molecule has 4 rings (SSSR count). The van der Waals surface area contributed by atoms with Gasteiger partial charge in [-0.1, -0.05) is 0 Å². The number of benzene rings is 3. The Balaban J connectivity index is 2.17. The number of aryl methyl sites for hydroxylation is 1. The molecule has 0 fully saturated rings. The van der Waals surface area contributed by atoms with Crippen molar-refractivity contribution in [2.45, 2.75) is 6.92 Å². The Kier molecular flexibility index (Phi) is 4.04. The zero-order chi connectivity index (χ0) is 16.7. The number of halogens is 1. The summed E-state index contributed by atoms with van der Waals surface area (Å²) in [7, 11) is 1.95. The zero-order valence-electron chi connectivity index (χ0n) is 13.7. The van der Waals surface area contributed by atoms with E-state index < -0.39 is 21.5 Å². The van der Waals surface area contributed by atoms with Gasteiger partial charge in [-0.15, -0.1) is 0 Å². The summed E-state index contributed by atoms with van der Waals surface area (Å²) in [5.41, 5.74) is 5.01. The van der Waals surface area contributed by atoms with E-state index in [1.54, 1.807) is 0 Å². The van der Waals surface area contributed by atoms with E-state index in [4.69, 9.17) is 5.84 Å². The molecular formula is C20H19IN3-. The molecule has 0 atom stereocenters. The van der Waals surface area contributed by atoms with Crippen LogP contribution in [0.4, 0.5) is 0 Å². The summed E-state index contributed by atoms with van der Waals surface area (Å²) >= 11 is -0.399. The predicted octanol–water partition coefficient (Wildman–Crippen LogP) is 1.07. The van der Waals surface area contributed by atoms with Gasteiger partial charge < -0.3 is 0 Å². The Hall–Kier alpha value is -1.89. The summed E-state index contributed by atoms with van der Waals surface area (Å²) in [6.45, 7) is 2.15. The molecule has 0 amide bonds. The number of nitrogens with two attached hydrogens (primary N) is 1. The maximum atomic E-state index is 6.00. The van der Waals surface area contributed by atoms with Crippen LogP contribution in [0.1, 0.15) is 5.56 Å². The zero-order valence-corrected chi connectivity index (χ0v) is 15.9. The summed E-state index contributed by atoms with van der Waals surface area (Å²) < 4.78 is 5.56. The van der Waals surface area contributed by atoms with E-state index in [2.05, 4.69) is 78.2 Å². The normalized spacial score (nSPS) is 11.8. The third-order valence-corrected chi connectivity index (χ3v) is 6.28. The molecule has 3 nitrogen and oxygen atoms in total. The third-order valence-electron chi connectivity index (χ3n) is 4.13. The van der Waals surface area contributed by atoms with Gasteiger partial charge in [-0.05, 0) is 0 Å². The molecule has 3 aromatic carbocycles. The number of hydrogen-bond acceptors (Lipinski definition) is 2. The molecule has 0 aliphatic heterocycles. The molecule has 2 N–H and O–H groups in total. The van der Waals surface area contributed by atoms with Crippen molar-refractivity contribution in [1.82, 2.24) is 7.79 Å². The third kappa shape index (κ3) is 2.60. The van der Waals surface area contributed by atoms with Crippen LogP contribution in [0.5, 0.6) is 0 Å². The van der Waals surface area contributed by atoms with Gasteiger partial charge in [-0.2, -0.15) is 0 Å². The Morgan fingerprint density at radius 1 is 0.917 bits per heavy atom. The van der Waals surface area contributed by atoms with Crippen molar-refractivity contribution in [2.75, 3.05) is 7.05 Å². The van der Waals surface area contributed by atoms with Crippen LogP contribution in [0.2, 0.25) is 0 Å². The Bertz CT molecular complexity index is 1020. The molecular weight excluding hydrogens is 409 g/mol. The minimum absolute atomic E-state index is 0.399. The van der Waals surface area contributed by atoms with E-state index in [0.717, 1.165) is 0 Å². The molecule has 1 heterocycles. The molecule has 0 spiro atoms. The summed E-state index contributed by atoms with van der Waals surface area (Å²) in [5.74, 6) is 6.00. The molecule has 0 saturated carbocycles. The average molecular weight is 428 g/mol. The fourth-order valence-electron chi connectivity index (χ4n) is 3.20. The fraction of sp³-hybridized carbons (Fsp3) is 0.100. The van der Waals surface area contributed by atoms with E-state index in [1.807, 2.05) is 10.3 Å². The van der Waals surface area contributed by atoms with E-state index in [0.29, 0.717) is 0 Å². The predicted molar refractivity (Wildman–Crippen MR) is 96.2 cm³/mol. The summed E-state index contributed by atoms with van der Waals surface area (Å²) in [4.78, 5) is 0. The van der Waals surface area contributed by atoms with Crippen molar-refractivity contribution in [2.24, 2.45) is 5.84 Å².